The molecule has 0 unspecified atom stereocenters. The van der Waals surface area contributed by atoms with E-state index in [9.17, 15) is 4.79 Å². The van der Waals surface area contributed by atoms with E-state index in [4.69, 9.17) is 5.73 Å². The Morgan fingerprint density at radius 3 is 2.38 bits per heavy atom. The number of likely N-dealkylation sites (tertiary alicyclic amines) is 1. The van der Waals surface area contributed by atoms with Crippen molar-refractivity contribution in [2.45, 2.75) is 70.9 Å². The second kappa shape index (κ2) is 8.14. The van der Waals surface area contributed by atoms with Gasteiger partial charge in [-0.3, -0.25) is 9.69 Å². The van der Waals surface area contributed by atoms with Crippen molar-refractivity contribution in [3.8, 4) is 0 Å². The number of piperidine rings is 1. The van der Waals surface area contributed by atoms with Crippen molar-refractivity contribution in [2.24, 2.45) is 11.7 Å². The lowest BCUT2D eigenvalue weighted by molar-refractivity contribution is -0.135. The summed E-state index contributed by atoms with van der Waals surface area (Å²) in [5.74, 6) is 1.01. The predicted molar refractivity (Wildman–Crippen MR) is 87.1 cm³/mol. The lowest BCUT2D eigenvalue weighted by Crippen LogP contribution is -2.48. The number of hydrogen-bond donors (Lipinski definition) is 1. The Morgan fingerprint density at radius 1 is 1.19 bits per heavy atom. The van der Waals surface area contributed by atoms with Crippen LogP contribution in [0.2, 0.25) is 0 Å². The molecule has 0 atom stereocenters. The summed E-state index contributed by atoms with van der Waals surface area (Å²) in [6.45, 7) is 7.98. The third kappa shape index (κ3) is 5.26. The van der Waals surface area contributed by atoms with E-state index in [1.165, 1.54) is 25.7 Å². The number of nitrogens with two attached hydrogens (primary N) is 1. The first-order valence-electron chi connectivity index (χ1n) is 8.83. The first kappa shape index (κ1) is 16.8. The molecule has 122 valence electrons. The maximum Gasteiger partial charge on any atom is 0.236 e. The van der Waals surface area contributed by atoms with Crippen LogP contribution in [0.3, 0.4) is 0 Å². The molecule has 1 saturated heterocycles. The summed E-state index contributed by atoms with van der Waals surface area (Å²) in [6.07, 6.45) is 8.16. The van der Waals surface area contributed by atoms with Crippen LogP contribution in [0, 0.1) is 5.92 Å². The Balaban J connectivity index is 1.86. The van der Waals surface area contributed by atoms with Gasteiger partial charge in [0.25, 0.3) is 0 Å². The maximum absolute atomic E-state index is 12.7. The molecule has 0 aromatic carbocycles. The fourth-order valence-corrected chi connectivity index (χ4v) is 3.52. The molecule has 0 aromatic rings. The topological polar surface area (TPSA) is 49.6 Å². The maximum atomic E-state index is 12.7. The summed E-state index contributed by atoms with van der Waals surface area (Å²) in [5.41, 5.74) is 5.95. The zero-order chi connectivity index (χ0) is 15.2. The number of hydrogen-bond acceptors (Lipinski definition) is 3. The van der Waals surface area contributed by atoms with Gasteiger partial charge in [0.2, 0.25) is 5.91 Å². The van der Waals surface area contributed by atoms with Gasteiger partial charge in [-0.2, -0.15) is 0 Å². The third-order valence-electron chi connectivity index (χ3n) is 5.02. The number of amides is 1. The van der Waals surface area contributed by atoms with Gasteiger partial charge in [-0.05, 0) is 38.0 Å². The molecule has 1 aliphatic carbocycles. The van der Waals surface area contributed by atoms with Crippen LogP contribution >= 0.6 is 0 Å². The van der Waals surface area contributed by atoms with Crippen LogP contribution in [-0.4, -0.2) is 54.0 Å². The monoisotopic (exact) mass is 295 g/mol. The van der Waals surface area contributed by atoms with Gasteiger partial charge >= 0.3 is 0 Å². The summed E-state index contributed by atoms with van der Waals surface area (Å²) in [4.78, 5) is 17.2. The van der Waals surface area contributed by atoms with Crippen molar-refractivity contribution in [1.29, 1.82) is 0 Å². The molecule has 0 radical (unpaired) electrons. The largest absolute Gasteiger partial charge is 0.339 e. The molecule has 2 rings (SSSR count). The van der Waals surface area contributed by atoms with Crippen molar-refractivity contribution in [3.05, 3.63) is 0 Å². The molecule has 4 nitrogen and oxygen atoms in total. The van der Waals surface area contributed by atoms with Gasteiger partial charge in [0.05, 0.1) is 6.54 Å². The van der Waals surface area contributed by atoms with Gasteiger partial charge in [-0.1, -0.05) is 26.7 Å². The average Bonchev–Trinajstić information content (AvgIpc) is 2.95. The average molecular weight is 295 g/mol. The van der Waals surface area contributed by atoms with Crippen molar-refractivity contribution < 1.29 is 4.79 Å². The van der Waals surface area contributed by atoms with Crippen molar-refractivity contribution in [1.82, 2.24) is 9.80 Å². The van der Waals surface area contributed by atoms with Gasteiger partial charge in [0.1, 0.15) is 0 Å². The summed E-state index contributed by atoms with van der Waals surface area (Å²) >= 11 is 0. The summed E-state index contributed by atoms with van der Waals surface area (Å²) in [7, 11) is 0. The van der Waals surface area contributed by atoms with E-state index in [0.29, 0.717) is 30.5 Å². The number of carbonyl (C=O) groups is 1. The minimum Gasteiger partial charge on any atom is -0.339 e. The Bertz CT molecular complexity index is 318. The molecule has 0 aromatic heterocycles. The number of carbonyl (C=O) groups excluding carboxylic acids is 1. The molecular weight excluding hydrogens is 262 g/mol. The van der Waals surface area contributed by atoms with Gasteiger partial charge in [0.15, 0.2) is 0 Å². The lowest BCUT2D eigenvalue weighted by atomic mass is 10.1. The van der Waals surface area contributed by atoms with Crippen LogP contribution < -0.4 is 5.73 Å². The van der Waals surface area contributed by atoms with Gasteiger partial charge < -0.3 is 10.6 Å². The molecule has 1 saturated carbocycles. The molecular formula is C17H33N3O. The molecule has 2 aliphatic rings. The van der Waals surface area contributed by atoms with E-state index in [1.54, 1.807) is 0 Å². The van der Waals surface area contributed by atoms with Crippen molar-refractivity contribution in [2.75, 3.05) is 26.2 Å². The van der Waals surface area contributed by atoms with Crippen LogP contribution in [0.15, 0.2) is 0 Å². The zero-order valence-corrected chi connectivity index (χ0v) is 13.9. The standard InChI is InChI=1S/C17H33N3O/c1-14(2)7-12-20(16-5-3-4-6-16)17(21)13-19-10-8-15(18)9-11-19/h14-16H,3-13,18H2,1-2H3. The first-order chi connectivity index (χ1) is 10.1. The molecule has 2 N–H and O–H groups in total. The Labute approximate surface area is 130 Å². The van der Waals surface area contributed by atoms with Crippen LogP contribution in [0.5, 0.6) is 0 Å². The molecule has 2 fully saturated rings. The lowest BCUT2D eigenvalue weighted by Gasteiger charge is -2.34. The van der Waals surface area contributed by atoms with Gasteiger partial charge in [-0.25, -0.2) is 0 Å². The van der Waals surface area contributed by atoms with E-state index in [1.807, 2.05) is 0 Å². The Kier molecular flexibility index (Phi) is 6.49. The fourth-order valence-electron chi connectivity index (χ4n) is 3.52. The second-order valence-corrected chi connectivity index (χ2v) is 7.32. The summed E-state index contributed by atoms with van der Waals surface area (Å²) in [5, 5.41) is 0. The molecule has 21 heavy (non-hydrogen) atoms. The third-order valence-corrected chi connectivity index (χ3v) is 5.02. The summed E-state index contributed by atoms with van der Waals surface area (Å²) < 4.78 is 0. The van der Waals surface area contributed by atoms with Gasteiger partial charge in [-0.15, -0.1) is 0 Å². The van der Waals surface area contributed by atoms with Crippen molar-refractivity contribution >= 4 is 5.91 Å². The second-order valence-electron chi connectivity index (χ2n) is 7.32. The Hall–Kier alpha value is -0.610. The number of nitrogens with zero attached hydrogens (tertiary/aromatic N) is 2. The molecule has 1 aliphatic heterocycles. The van der Waals surface area contributed by atoms with E-state index in [-0.39, 0.29) is 0 Å². The highest BCUT2D eigenvalue weighted by molar-refractivity contribution is 5.78. The molecule has 1 heterocycles. The predicted octanol–water partition coefficient (Wildman–Crippen LogP) is 2.23. The smallest absolute Gasteiger partial charge is 0.236 e. The van der Waals surface area contributed by atoms with E-state index >= 15 is 0 Å². The van der Waals surface area contributed by atoms with Crippen LogP contribution in [0.4, 0.5) is 0 Å². The molecule has 1 amide bonds. The van der Waals surface area contributed by atoms with Crippen LogP contribution in [0.25, 0.3) is 0 Å². The van der Waals surface area contributed by atoms with Crippen molar-refractivity contribution in [3.63, 3.8) is 0 Å². The minimum absolute atomic E-state index is 0.336. The normalized spacial score (nSPS) is 22.1. The molecule has 4 heteroatoms. The number of rotatable bonds is 6. The van der Waals surface area contributed by atoms with Gasteiger partial charge in [0, 0.05) is 31.7 Å². The highest BCUT2D eigenvalue weighted by Crippen LogP contribution is 2.24. The van der Waals surface area contributed by atoms with Crippen LogP contribution in [0.1, 0.15) is 58.8 Å². The minimum atomic E-state index is 0.336. The molecule has 0 bridgehead atoms. The van der Waals surface area contributed by atoms with E-state index in [0.717, 1.165) is 38.9 Å². The zero-order valence-electron chi connectivity index (χ0n) is 13.9. The quantitative estimate of drug-likeness (QED) is 0.817. The molecule has 0 spiro atoms. The SMILES string of the molecule is CC(C)CCN(C(=O)CN1CCC(N)CC1)C1CCCC1. The highest BCUT2D eigenvalue weighted by Gasteiger charge is 2.28. The van der Waals surface area contributed by atoms with E-state index in [2.05, 4.69) is 23.6 Å². The van der Waals surface area contributed by atoms with Crippen LogP contribution in [-0.2, 0) is 4.79 Å². The van der Waals surface area contributed by atoms with E-state index < -0.39 is 0 Å². The summed E-state index contributed by atoms with van der Waals surface area (Å²) in [6, 6.07) is 0.839. The first-order valence-corrected chi connectivity index (χ1v) is 8.83. The Morgan fingerprint density at radius 2 is 1.81 bits per heavy atom. The highest BCUT2D eigenvalue weighted by atomic mass is 16.2. The fraction of sp³-hybridized carbons (Fsp3) is 0.941.